The molecule has 1 N–H and O–H groups in total. The molecule has 0 aliphatic rings. The minimum atomic E-state index is -4.18. The fourth-order valence-electron chi connectivity index (χ4n) is 4.26. The highest BCUT2D eigenvalue weighted by Crippen LogP contribution is 2.34. The van der Waals surface area contributed by atoms with E-state index < -0.39 is 45.0 Å². The summed E-state index contributed by atoms with van der Waals surface area (Å²) >= 11 is 12.3. The molecule has 11 nitrogen and oxygen atoms in total. The van der Waals surface area contributed by atoms with Crippen LogP contribution >= 0.6 is 23.2 Å². The van der Waals surface area contributed by atoms with Gasteiger partial charge in [0.2, 0.25) is 21.8 Å². The molecule has 0 aliphatic carbocycles. The molecule has 14 heteroatoms. The lowest BCUT2D eigenvalue weighted by molar-refractivity contribution is -0.384. The first-order valence-electron chi connectivity index (χ1n) is 12.7. The molecule has 0 bridgehead atoms. The van der Waals surface area contributed by atoms with Crippen LogP contribution in [0.5, 0.6) is 5.75 Å². The van der Waals surface area contributed by atoms with Crippen molar-refractivity contribution in [2.75, 3.05) is 30.8 Å². The molecule has 3 aromatic carbocycles. The molecule has 0 aromatic heterocycles. The van der Waals surface area contributed by atoms with Crippen molar-refractivity contribution < 1.29 is 27.7 Å². The van der Waals surface area contributed by atoms with Crippen molar-refractivity contribution in [3.63, 3.8) is 0 Å². The molecule has 1 atom stereocenters. The first kappa shape index (κ1) is 32.6. The van der Waals surface area contributed by atoms with E-state index in [0.717, 1.165) is 28.3 Å². The molecular formula is C28H30Cl2N4O7S. The zero-order chi connectivity index (χ0) is 31.0. The van der Waals surface area contributed by atoms with Crippen LogP contribution in [-0.2, 0) is 32.6 Å². The predicted molar refractivity (Wildman–Crippen MR) is 161 cm³/mol. The average Bonchev–Trinajstić information content (AvgIpc) is 2.95. The van der Waals surface area contributed by atoms with Crippen molar-refractivity contribution in [2.24, 2.45) is 0 Å². The van der Waals surface area contributed by atoms with E-state index in [4.69, 9.17) is 27.9 Å². The topological polar surface area (TPSA) is 139 Å². The molecule has 2 amide bonds. The molecule has 224 valence electrons. The lowest BCUT2D eigenvalue weighted by Crippen LogP contribution is -2.53. The number of sulfonamides is 1. The Kier molecular flexibility index (Phi) is 11.1. The van der Waals surface area contributed by atoms with Crippen molar-refractivity contribution >= 4 is 56.4 Å². The molecule has 3 aromatic rings. The van der Waals surface area contributed by atoms with E-state index >= 15 is 0 Å². The number of ether oxygens (including phenoxy) is 1. The Bertz CT molecular complexity index is 1560. The van der Waals surface area contributed by atoms with Gasteiger partial charge in [0.15, 0.2) is 0 Å². The summed E-state index contributed by atoms with van der Waals surface area (Å²) in [7, 11) is -2.91. The Morgan fingerprint density at radius 1 is 1.02 bits per heavy atom. The van der Waals surface area contributed by atoms with Gasteiger partial charge in [0.05, 0.1) is 28.3 Å². The Hall–Kier alpha value is -3.87. The van der Waals surface area contributed by atoms with Crippen molar-refractivity contribution in [1.29, 1.82) is 0 Å². The molecule has 0 heterocycles. The number of methoxy groups -OCH3 is 1. The van der Waals surface area contributed by atoms with E-state index in [1.165, 1.54) is 18.1 Å². The summed E-state index contributed by atoms with van der Waals surface area (Å²) < 4.78 is 32.0. The van der Waals surface area contributed by atoms with Crippen LogP contribution in [0.4, 0.5) is 11.4 Å². The maximum absolute atomic E-state index is 14.1. The summed E-state index contributed by atoms with van der Waals surface area (Å²) in [5.74, 6) is -1.19. The van der Waals surface area contributed by atoms with Gasteiger partial charge in [-0.1, -0.05) is 59.6 Å². The lowest BCUT2D eigenvalue weighted by atomic mass is 10.0. The standard InChI is InChI=1S/C28H30Cl2N4O7S/c1-4-31-28(36)25(15-19-8-6-5-7-9-19)32(17-20-10-12-22(29)23(30)14-20)27(35)18-33(42(3,39)40)24-16-21(34(37)38)11-13-26(24)41-2/h5-14,16,25H,4,15,17-18H2,1-3H3,(H,31,36)/t25-/m1/s1. The van der Waals surface area contributed by atoms with Crippen LogP contribution in [0, 0.1) is 10.1 Å². The summed E-state index contributed by atoms with van der Waals surface area (Å²) in [6.07, 6.45) is 0.992. The molecule has 0 saturated heterocycles. The molecule has 3 rings (SSSR count). The molecule has 0 spiro atoms. The van der Waals surface area contributed by atoms with E-state index in [1.807, 2.05) is 18.2 Å². The van der Waals surface area contributed by atoms with Crippen molar-refractivity contribution in [1.82, 2.24) is 10.2 Å². The minimum absolute atomic E-state index is 0.000537. The summed E-state index contributed by atoms with van der Waals surface area (Å²) in [5.41, 5.74) is 0.707. The number of likely N-dealkylation sites (N-methyl/N-ethyl adjacent to an activating group) is 1. The summed E-state index contributed by atoms with van der Waals surface area (Å²) in [4.78, 5) is 39.5. The zero-order valence-electron chi connectivity index (χ0n) is 23.1. The monoisotopic (exact) mass is 636 g/mol. The Balaban J connectivity index is 2.13. The molecule has 0 radical (unpaired) electrons. The number of anilines is 1. The van der Waals surface area contributed by atoms with Crippen LogP contribution in [-0.4, -0.2) is 62.6 Å². The SMILES string of the molecule is CCNC(=O)[C@@H](Cc1ccccc1)N(Cc1ccc(Cl)c(Cl)c1)C(=O)CN(c1cc([N+](=O)[O-])ccc1OC)S(C)(=O)=O. The Morgan fingerprint density at radius 2 is 1.71 bits per heavy atom. The van der Waals surface area contributed by atoms with Gasteiger partial charge in [-0.15, -0.1) is 0 Å². The van der Waals surface area contributed by atoms with E-state index in [0.29, 0.717) is 17.1 Å². The zero-order valence-corrected chi connectivity index (χ0v) is 25.4. The largest absolute Gasteiger partial charge is 0.495 e. The maximum atomic E-state index is 14.1. The van der Waals surface area contributed by atoms with E-state index in [-0.39, 0.29) is 29.4 Å². The number of non-ortho nitro benzene ring substituents is 1. The van der Waals surface area contributed by atoms with Gasteiger partial charge >= 0.3 is 0 Å². The number of carbonyl (C=O) groups is 2. The van der Waals surface area contributed by atoms with Gasteiger partial charge in [-0.2, -0.15) is 0 Å². The summed E-state index contributed by atoms with van der Waals surface area (Å²) in [5, 5.41) is 14.8. The third-order valence-electron chi connectivity index (χ3n) is 6.28. The van der Waals surface area contributed by atoms with Gasteiger partial charge in [-0.3, -0.25) is 24.0 Å². The molecule has 0 fully saturated rings. The number of rotatable bonds is 13. The fourth-order valence-corrected chi connectivity index (χ4v) is 5.43. The van der Waals surface area contributed by atoms with Crippen LogP contribution in [0.1, 0.15) is 18.1 Å². The number of amides is 2. The van der Waals surface area contributed by atoms with E-state index in [9.17, 15) is 28.1 Å². The normalized spacial score (nSPS) is 11.8. The van der Waals surface area contributed by atoms with Crippen molar-refractivity contribution in [2.45, 2.75) is 25.9 Å². The Morgan fingerprint density at radius 3 is 2.29 bits per heavy atom. The number of nitrogens with zero attached hydrogens (tertiary/aromatic N) is 3. The highest BCUT2D eigenvalue weighted by molar-refractivity contribution is 7.92. The van der Waals surface area contributed by atoms with Gasteiger partial charge < -0.3 is 15.0 Å². The summed E-state index contributed by atoms with van der Waals surface area (Å²) in [6.45, 7) is 1.14. The van der Waals surface area contributed by atoms with Crippen LogP contribution in [0.15, 0.2) is 66.7 Å². The third-order valence-corrected chi connectivity index (χ3v) is 8.15. The number of hydrogen-bond donors (Lipinski definition) is 1. The second-order valence-electron chi connectivity index (χ2n) is 9.25. The number of nitrogens with one attached hydrogen (secondary N) is 1. The second-order valence-corrected chi connectivity index (χ2v) is 12.0. The van der Waals surface area contributed by atoms with E-state index in [1.54, 1.807) is 37.3 Å². The third kappa shape index (κ3) is 8.34. The highest BCUT2D eigenvalue weighted by atomic mass is 35.5. The van der Waals surface area contributed by atoms with Crippen LogP contribution < -0.4 is 14.4 Å². The molecular weight excluding hydrogens is 607 g/mol. The van der Waals surface area contributed by atoms with Crippen LogP contribution in [0.25, 0.3) is 0 Å². The second kappa shape index (κ2) is 14.3. The maximum Gasteiger partial charge on any atom is 0.271 e. The lowest BCUT2D eigenvalue weighted by Gasteiger charge is -2.33. The number of nitro groups is 1. The van der Waals surface area contributed by atoms with Crippen molar-refractivity contribution in [3.8, 4) is 5.75 Å². The smallest absolute Gasteiger partial charge is 0.271 e. The Labute approximate surface area is 254 Å². The number of halogens is 2. The molecule has 0 saturated carbocycles. The fraction of sp³-hybridized carbons (Fsp3) is 0.286. The quantitative estimate of drug-likeness (QED) is 0.216. The average molecular weight is 638 g/mol. The first-order chi connectivity index (χ1) is 19.8. The number of hydrogen-bond acceptors (Lipinski definition) is 7. The molecule has 42 heavy (non-hydrogen) atoms. The first-order valence-corrected chi connectivity index (χ1v) is 15.3. The van der Waals surface area contributed by atoms with Gasteiger partial charge in [0.25, 0.3) is 5.69 Å². The number of nitro benzene ring substituents is 1. The molecule has 0 aliphatic heterocycles. The summed E-state index contributed by atoms with van der Waals surface area (Å²) in [6, 6.07) is 16.2. The predicted octanol–water partition coefficient (Wildman–Crippen LogP) is 4.45. The van der Waals surface area contributed by atoms with Crippen molar-refractivity contribution in [3.05, 3.63) is 98.0 Å². The number of benzene rings is 3. The van der Waals surface area contributed by atoms with Crippen LogP contribution in [0.3, 0.4) is 0 Å². The van der Waals surface area contributed by atoms with Gasteiger partial charge in [-0.05, 0) is 36.2 Å². The number of carbonyl (C=O) groups excluding carboxylic acids is 2. The van der Waals surface area contributed by atoms with E-state index in [2.05, 4.69) is 5.32 Å². The highest BCUT2D eigenvalue weighted by Gasteiger charge is 2.34. The minimum Gasteiger partial charge on any atom is -0.495 e. The van der Waals surface area contributed by atoms with Gasteiger partial charge in [0, 0.05) is 31.6 Å². The van der Waals surface area contributed by atoms with Gasteiger partial charge in [-0.25, -0.2) is 8.42 Å². The molecule has 0 unspecified atom stereocenters. The van der Waals surface area contributed by atoms with Crippen LogP contribution in [0.2, 0.25) is 10.0 Å². The van der Waals surface area contributed by atoms with Gasteiger partial charge in [0.1, 0.15) is 24.0 Å².